The highest BCUT2D eigenvalue weighted by Gasteiger charge is 2.36. The minimum atomic E-state index is -1.46. The summed E-state index contributed by atoms with van der Waals surface area (Å²) >= 11 is 0. The molecular weight excluding hydrogens is 456 g/mol. The number of nitrogens with zero attached hydrogens (tertiary/aromatic N) is 2. The topological polar surface area (TPSA) is 158 Å². The minimum Gasteiger partial charge on any atom is -0.466 e. The maximum Gasteiger partial charge on any atom is 0.408 e. The number of alkyl carbamates (subject to hydrolysis) is 1. The standard InChI is InChI=1S/C24H34N4O7/c1-6-34-19(30)11-13-26-21(31)20(17-10-8-7-9-16(17)2)28(14-12-25)22(32)18(15-29)27-23(33)35-24(3,4)5/h7-10,18,20,29H,6,11,13-15H2,1-5H3,(H,26,31)(H,27,33). The van der Waals surface area contributed by atoms with Crippen molar-refractivity contribution in [2.75, 3.05) is 26.3 Å². The van der Waals surface area contributed by atoms with Gasteiger partial charge in [-0.1, -0.05) is 24.3 Å². The molecule has 192 valence electrons. The Labute approximate surface area is 205 Å². The van der Waals surface area contributed by atoms with E-state index in [1.54, 1.807) is 58.9 Å². The molecule has 0 spiro atoms. The summed E-state index contributed by atoms with van der Waals surface area (Å²) in [7, 11) is 0. The third kappa shape index (κ3) is 9.62. The van der Waals surface area contributed by atoms with Crippen LogP contribution >= 0.6 is 0 Å². The van der Waals surface area contributed by atoms with Gasteiger partial charge in [0.2, 0.25) is 11.8 Å². The molecule has 2 atom stereocenters. The van der Waals surface area contributed by atoms with Crippen LogP contribution in [0, 0.1) is 18.3 Å². The first kappa shape index (κ1) is 29.4. The van der Waals surface area contributed by atoms with Gasteiger partial charge in [0.25, 0.3) is 0 Å². The summed E-state index contributed by atoms with van der Waals surface area (Å²) in [6.45, 7) is 7.19. The summed E-state index contributed by atoms with van der Waals surface area (Å²) in [5.41, 5.74) is 0.273. The van der Waals surface area contributed by atoms with Crippen molar-refractivity contribution in [1.29, 1.82) is 5.26 Å². The summed E-state index contributed by atoms with van der Waals surface area (Å²) in [4.78, 5) is 51.4. The zero-order chi connectivity index (χ0) is 26.6. The van der Waals surface area contributed by atoms with E-state index in [1.165, 1.54) is 0 Å². The van der Waals surface area contributed by atoms with E-state index in [4.69, 9.17) is 9.47 Å². The first-order chi connectivity index (χ1) is 16.4. The molecule has 0 aliphatic heterocycles. The Morgan fingerprint density at radius 1 is 1.20 bits per heavy atom. The lowest BCUT2D eigenvalue weighted by molar-refractivity contribution is -0.144. The largest absolute Gasteiger partial charge is 0.466 e. The Hall–Kier alpha value is -3.65. The molecule has 0 radical (unpaired) electrons. The molecule has 0 saturated carbocycles. The number of nitriles is 1. The summed E-state index contributed by atoms with van der Waals surface area (Å²) < 4.78 is 10.00. The monoisotopic (exact) mass is 490 g/mol. The second-order valence-corrected chi connectivity index (χ2v) is 8.61. The average Bonchev–Trinajstić information content (AvgIpc) is 2.76. The lowest BCUT2D eigenvalue weighted by Crippen LogP contribution is -2.54. The molecule has 0 aromatic heterocycles. The Balaban J connectivity index is 3.26. The van der Waals surface area contributed by atoms with Crippen LogP contribution in [-0.4, -0.2) is 71.8 Å². The molecule has 0 saturated heterocycles. The molecule has 3 N–H and O–H groups in total. The van der Waals surface area contributed by atoms with E-state index in [0.717, 1.165) is 4.90 Å². The smallest absolute Gasteiger partial charge is 0.408 e. The van der Waals surface area contributed by atoms with Crippen LogP contribution in [0.25, 0.3) is 0 Å². The van der Waals surface area contributed by atoms with Gasteiger partial charge in [-0.15, -0.1) is 0 Å². The van der Waals surface area contributed by atoms with E-state index in [0.29, 0.717) is 11.1 Å². The van der Waals surface area contributed by atoms with Gasteiger partial charge in [0.05, 0.1) is 25.7 Å². The van der Waals surface area contributed by atoms with Crippen molar-refractivity contribution in [3.8, 4) is 6.07 Å². The van der Waals surface area contributed by atoms with Crippen molar-refractivity contribution in [3.05, 3.63) is 35.4 Å². The molecule has 0 heterocycles. The van der Waals surface area contributed by atoms with Crippen LogP contribution < -0.4 is 10.6 Å². The molecule has 2 unspecified atom stereocenters. The van der Waals surface area contributed by atoms with Gasteiger partial charge in [-0.3, -0.25) is 14.4 Å². The normalized spacial score (nSPS) is 12.5. The molecule has 0 fully saturated rings. The van der Waals surface area contributed by atoms with Gasteiger partial charge >= 0.3 is 12.1 Å². The van der Waals surface area contributed by atoms with E-state index in [2.05, 4.69) is 10.6 Å². The van der Waals surface area contributed by atoms with Crippen molar-refractivity contribution >= 4 is 23.9 Å². The van der Waals surface area contributed by atoms with Gasteiger partial charge in [-0.2, -0.15) is 5.26 Å². The van der Waals surface area contributed by atoms with Crippen LogP contribution in [0.5, 0.6) is 0 Å². The highest BCUT2D eigenvalue weighted by atomic mass is 16.6. The molecule has 3 amide bonds. The van der Waals surface area contributed by atoms with Gasteiger partial charge in [-0.25, -0.2) is 4.79 Å². The number of nitrogens with one attached hydrogen (secondary N) is 2. The Kier molecular flexibility index (Phi) is 11.7. The van der Waals surface area contributed by atoms with Crippen LogP contribution in [0.4, 0.5) is 4.79 Å². The fourth-order valence-corrected chi connectivity index (χ4v) is 3.17. The van der Waals surface area contributed by atoms with Gasteiger partial charge in [0, 0.05) is 6.54 Å². The SMILES string of the molecule is CCOC(=O)CCNC(=O)C(c1ccccc1C)N(CC#N)C(=O)C(CO)NC(=O)OC(C)(C)C. The molecular formula is C24H34N4O7. The van der Waals surface area contributed by atoms with Crippen molar-refractivity contribution in [2.24, 2.45) is 0 Å². The van der Waals surface area contributed by atoms with E-state index < -0.39 is 54.7 Å². The fourth-order valence-electron chi connectivity index (χ4n) is 3.17. The van der Waals surface area contributed by atoms with Crippen LogP contribution in [0.2, 0.25) is 0 Å². The van der Waals surface area contributed by atoms with Gasteiger partial charge in [0.1, 0.15) is 24.2 Å². The molecule has 1 rings (SSSR count). The quantitative estimate of drug-likeness (QED) is 0.310. The Bertz CT molecular complexity index is 937. The molecule has 35 heavy (non-hydrogen) atoms. The highest BCUT2D eigenvalue weighted by Crippen LogP contribution is 2.25. The molecule has 1 aromatic rings. The number of rotatable bonds is 11. The Morgan fingerprint density at radius 3 is 2.40 bits per heavy atom. The first-order valence-corrected chi connectivity index (χ1v) is 11.2. The van der Waals surface area contributed by atoms with Gasteiger partial charge < -0.3 is 30.1 Å². The number of ether oxygens (including phenoxy) is 2. The second-order valence-electron chi connectivity index (χ2n) is 8.61. The predicted molar refractivity (Wildman–Crippen MR) is 126 cm³/mol. The number of esters is 1. The Morgan fingerprint density at radius 2 is 1.86 bits per heavy atom. The number of aliphatic hydroxyl groups is 1. The maximum atomic E-state index is 13.4. The number of aliphatic hydroxyl groups excluding tert-OH is 1. The number of amides is 3. The van der Waals surface area contributed by atoms with E-state index in [1.807, 2.05) is 6.07 Å². The second kappa shape index (κ2) is 13.9. The van der Waals surface area contributed by atoms with Crippen molar-refractivity contribution in [2.45, 2.75) is 58.7 Å². The number of hydrogen-bond donors (Lipinski definition) is 3. The molecule has 11 nitrogen and oxygen atoms in total. The number of hydrogen-bond acceptors (Lipinski definition) is 8. The molecule has 1 aromatic carbocycles. The van der Waals surface area contributed by atoms with E-state index in [-0.39, 0.29) is 19.6 Å². The summed E-state index contributed by atoms with van der Waals surface area (Å²) in [5.74, 6) is -1.98. The maximum absolute atomic E-state index is 13.4. The van der Waals surface area contributed by atoms with Crippen LogP contribution in [0.1, 0.15) is 51.3 Å². The minimum absolute atomic E-state index is 0.0474. The predicted octanol–water partition coefficient (Wildman–Crippen LogP) is 1.34. The first-order valence-electron chi connectivity index (χ1n) is 11.2. The lowest BCUT2D eigenvalue weighted by Gasteiger charge is -2.33. The summed E-state index contributed by atoms with van der Waals surface area (Å²) in [6, 6.07) is 5.95. The summed E-state index contributed by atoms with van der Waals surface area (Å²) in [6.07, 6.45) is -1.01. The van der Waals surface area contributed by atoms with Crippen LogP contribution in [-0.2, 0) is 23.9 Å². The third-order valence-electron chi connectivity index (χ3n) is 4.67. The van der Waals surface area contributed by atoms with Crippen LogP contribution in [0.15, 0.2) is 24.3 Å². The highest BCUT2D eigenvalue weighted by molar-refractivity contribution is 5.92. The number of carbonyl (C=O) groups is 4. The van der Waals surface area contributed by atoms with Crippen molar-refractivity contribution in [1.82, 2.24) is 15.5 Å². The number of benzene rings is 1. The zero-order valence-corrected chi connectivity index (χ0v) is 20.8. The molecule has 0 bridgehead atoms. The third-order valence-corrected chi connectivity index (χ3v) is 4.67. The molecule has 0 aliphatic carbocycles. The number of aryl methyl sites for hydroxylation is 1. The lowest BCUT2D eigenvalue weighted by atomic mass is 9.98. The molecule has 0 aliphatic rings. The average molecular weight is 491 g/mol. The van der Waals surface area contributed by atoms with Gasteiger partial charge in [0.15, 0.2) is 0 Å². The van der Waals surface area contributed by atoms with Crippen LogP contribution in [0.3, 0.4) is 0 Å². The van der Waals surface area contributed by atoms with Gasteiger partial charge in [-0.05, 0) is 45.7 Å². The summed E-state index contributed by atoms with van der Waals surface area (Å²) in [5, 5.41) is 24.1. The number of carbonyl (C=O) groups excluding carboxylic acids is 4. The van der Waals surface area contributed by atoms with Crippen molar-refractivity contribution < 1.29 is 33.8 Å². The van der Waals surface area contributed by atoms with Crippen molar-refractivity contribution in [3.63, 3.8) is 0 Å². The van der Waals surface area contributed by atoms with E-state index in [9.17, 15) is 29.5 Å². The molecule has 11 heteroatoms. The fraction of sp³-hybridized carbons (Fsp3) is 0.542. The zero-order valence-electron chi connectivity index (χ0n) is 20.8. The van der Waals surface area contributed by atoms with E-state index >= 15 is 0 Å².